The van der Waals surface area contributed by atoms with Crippen LogP contribution in [0, 0.1) is 5.82 Å². The van der Waals surface area contributed by atoms with Crippen LogP contribution in [-0.4, -0.2) is 39.1 Å². The van der Waals surface area contributed by atoms with Crippen LogP contribution in [0.3, 0.4) is 0 Å². The van der Waals surface area contributed by atoms with Gasteiger partial charge < -0.3 is 4.90 Å². The number of hydrogen-bond donors (Lipinski definition) is 0. The quantitative estimate of drug-likeness (QED) is 0.869. The highest BCUT2D eigenvalue weighted by Gasteiger charge is 2.27. The summed E-state index contributed by atoms with van der Waals surface area (Å²) in [6.07, 6.45) is 6.06. The molecule has 1 aliphatic rings. The van der Waals surface area contributed by atoms with E-state index in [4.69, 9.17) is 0 Å². The number of hydrogen-bond acceptors (Lipinski definition) is 4. The number of rotatable bonds is 4. The molecule has 1 aromatic carbocycles. The molecule has 2 heterocycles. The molecule has 0 aliphatic carbocycles. The van der Waals surface area contributed by atoms with Crippen molar-refractivity contribution in [3.63, 3.8) is 0 Å². The van der Waals surface area contributed by atoms with Gasteiger partial charge in [0.2, 0.25) is 5.91 Å². The number of thioether (sulfide) groups is 1. The fraction of sp³-hybridized carbons (Fsp3) is 0.312. The van der Waals surface area contributed by atoms with Gasteiger partial charge >= 0.3 is 0 Å². The predicted molar refractivity (Wildman–Crippen MR) is 83.0 cm³/mol. The first-order valence-corrected chi connectivity index (χ1v) is 8.03. The Labute approximate surface area is 132 Å². The molecule has 4 nitrogen and oxygen atoms in total. The zero-order chi connectivity index (χ0) is 15.4. The van der Waals surface area contributed by atoms with Crippen LogP contribution in [0.25, 0.3) is 0 Å². The van der Waals surface area contributed by atoms with Crippen LogP contribution < -0.4 is 0 Å². The Bertz CT molecular complexity index is 636. The molecule has 1 aliphatic heterocycles. The summed E-state index contributed by atoms with van der Waals surface area (Å²) in [5.74, 6) is -0.140. The molecule has 0 radical (unpaired) electrons. The molecule has 0 N–H and O–H groups in total. The van der Waals surface area contributed by atoms with Crippen LogP contribution in [0.4, 0.5) is 4.39 Å². The summed E-state index contributed by atoms with van der Waals surface area (Å²) in [7, 11) is 0. The van der Waals surface area contributed by atoms with Gasteiger partial charge in [-0.1, -0.05) is 0 Å². The van der Waals surface area contributed by atoms with Crippen LogP contribution >= 0.6 is 11.8 Å². The number of amides is 1. The van der Waals surface area contributed by atoms with Gasteiger partial charge in [0.1, 0.15) is 5.82 Å². The second-order valence-corrected chi connectivity index (χ2v) is 6.57. The van der Waals surface area contributed by atoms with Gasteiger partial charge in [-0.25, -0.2) is 4.39 Å². The molecule has 0 saturated carbocycles. The van der Waals surface area contributed by atoms with Crippen molar-refractivity contribution in [1.82, 2.24) is 14.9 Å². The average molecular weight is 317 g/mol. The minimum absolute atomic E-state index is 0.0858. The van der Waals surface area contributed by atoms with Crippen molar-refractivity contribution in [3.8, 4) is 0 Å². The molecule has 22 heavy (non-hydrogen) atoms. The van der Waals surface area contributed by atoms with Crippen LogP contribution in [0.5, 0.6) is 0 Å². The van der Waals surface area contributed by atoms with E-state index >= 15 is 0 Å². The van der Waals surface area contributed by atoms with E-state index in [9.17, 15) is 9.18 Å². The smallest absolute Gasteiger partial charge is 0.228 e. The van der Waals surface area contributed by atoms with E-state index in [1.807, 2.05) is 4.90 Å². The molecule has 1 aromatic heterocycles. The lowest BCUT2D eigenvalue weighted by atomic mass is 10.3. The fourth-order valence-corrected chi connectivity index (χ4v) is 3.60. The lowest BCUT2D eigenvalue weighted by Crippen LogP contribution is -2.30. The first kappa shape index (κ1) is 15.0. The van der Waals surface area contributed by atoms with Crippen LogP contribution in [0.2, 0.25) is 0 Å². The number of carbonyl (C=O) groups excluding carboxylic acids is 1. The molecule has 0 spiro atoms. The Hall–Kier alpha value is -1.95. The lowest BCUT2D eigenvalue weighted by Gasteiger charge is -2.16. The van der Waals surface area contributed by atoms with Gasteiger partial charge in [-0.05, 0) is 30.7 Å². The number of benzene rings is 1. The number of halogens is 1. The minimum atomic E-state index is -0.225. The third-order valence-corrected chi connectivity index (χ3v) is 4.83. The first-order chi connectivity index (χ1) is 10.7. The van der Waals surface area contributed by atoms with Crippen LogP contribution in [0.1, 0.15) is 12.1 Å². The summed E-state index contributed by atoms with van der Waals surface area (Å²) < 4.78 is 12.9. The monoisotopic (exact) mass is 317 g/mol. The van der Waals surface area contributed by atoms with Crippen molar-refractivity contribution in [2.24, 2.45) is 0 Å². The largest absolute Gasteiger partial charge is 0.341 e. The number of likely N-dealkylation sites (tertiary alicyclic amines) is 1. The van der Waals surface area contributed by atoms with Crippen molar-refractivity contribution >= 4 is 17.7 Å². The summed E-state index contributed by atoms with van der Waals surface area (Å²) in [4.78, 5) is 23.3. The standard InChI is InChI=1S/C16H16FN3OS/c17-12-1-3-14(4-2-12)22-15-5-8-20(11-15)16(21)9-13-10-18-6-7-19-13/h1-4,6-7,10,15H,5,8-9,11H2. The first-order valence-electron chi connectivity index (χ1n) is 7.15. The molecule has 1 atom stereocenters. The highest BCUT2D eigenvalue weighted by Crippen LogP contribution is 2.30. The SMILES string of the molecule is O=C(Cc1cnccn1)N1CCC(Sc2ccc(F)cc2)C1. The van der Waals surface area contributed by atoms with Gasteiger partial charge in [0.15, 0.2) is 0 Å². The van der Waals surface area contributed by atoms with E-state index in [-0.39, 0.29) is 11.7 Å². The van der Waals surface area contributed by atoms with Gasteiger partial charge in [-0.15, -0.1) is 11.8 Å². The Morgan fingerprint density at radius 1 is 1.32 bits per heavy atom. The average Bonchev–Trinajstić information content (AvgIpc) is 2.99. The topological polar surface area (TPSA) is 46.1 Å². The molecule has 1 fully saturated rings. The van der Waals surface area contributed by atoms with Crippen LogP contribution in [-0.2, 0) is 11.2 Å². The van der Waals surface area contributed by atoms with Gasteiger partial charge in [-0.2, -0.15) is 0 Å². The molecule has 0 bridgehead atoms. The maximum atomic E-state index is 12.9. The number of nitrogens with zero attached hydrogens (tertiary/aromatic N) is 3. The molecule has 1 saturated heterocycles. The summed E-state index contributed by atoms with van der Waals surface area (Å²) in [5, 5.41) is 0.358. The molecular formula is C16H16FN3OS. The van der Waals surface area contributed by atoms with Crippen molar-refractivity contribution < 1.29 is 9.18 Å². The second-order valence-electron chi connectivity index (χ2n) is 5.20. The Morgan fingerprint density at radius 3 is 2.86 bits per heavy atom. The molecule has 1 unspecified atom stereocenters. The van der Waals surface area contributed by atoms with E-state index < -0.39 is 0 Å². The van der Waals surface area contributed by atoms with E-state index in [1.165, 1.54) is 12.1 Å². The summed E-state index contributed by atoms with van der Waals surface area (Å²) in [5.41, 5.74) is 0.696. The van der Waals surface area contributed by atoms with Crippen molar-refractivity contribution in [2.45, 2.75) is 23.0 Å². The number of carbonyl (C=O) groups is 1. The molecule has 2 aromatic rings. The normalized spacial score (nSPS) is 17.7. The zero-order valence-electron chi connectivity index (χ0n) is 12.0. The molecule has 6 heteroatoms. The Balaban J connectivity index is 1.53. The summed E-state index contributed by atoms with van der Waals surface area (Å²) >= 11 is 1.70. The Kier molecular flexibility index (Phi) is 4.68. The molecular weight excluding hydrogens is 301 g/mol. The van der Waals surface area contributed by atoms with Gasteiger partial charge in [-0.3, -0.25) is 14.8 Å². The zero-order valence-corrected chi connectivity index (χ0v) is 12.8. The third-order valence-electron chi connectivity index (χ3n) is 3.56. The Morgan fingerprint density at radius 2 is 2.14 bits per heavy atom. The summed E-state index contributed by atoms with van der Waals surface area (Å²) in [6.45, 7) is 1.49. The van der Waals surface area contributed by atoms with Gasteiger partial charge in [0, 0.05) is 41.8 Å². The fourth-order valence-electron chi connectivity index (χ4n) is 2.44. The highest BCUT2D eigenvalue weighted by molar-refractivity contribution is 8.00. The van der Waals surface area contributed by atoms with Crippen molar-refractivity contribution in [2.75, 3.05) is 13.1 Å². The maximum absolute atomic E-state index is 12.9. The minimum Gasteiger partial charge on any atom is -0.341 e. The van der Waals surface area contributed by atoms with Crippen LogP contribution in [0.15, 0.2) is 47.8 Å². The highest BCUT2D eigenvalue weighted by atomic mass is 32.2. The summed E-state index contributed by atoms with van der Waals surface area (Å²) in [6, 6.07) is 6.50. The third kappa shape index (κ3) is 3.82. The van der Waals surface area contributed by atoms with E-state index in [0.29, 0.717) is 17.4 Å². The molecule has 3 rings (SSSR count). The lowest BCUT2D eigenvalue weighted by molar-refractivity contribution is -0.129. The van der Waals surface area contributed by atoms with Gasteiger partial charge in [0.25, 0.3) is 0 Å². The predicted octanol–water partition coefficient (Wildman–Crippen LogP) is 2.55. The molecule has 114 valence electrons. The van der Waals surface area contributed by atoms with E-state index in [0.717, 1.165) is 24.4 Å². The number of aromatic nitrogens is 2. The van der Waals surface area contributed by atoms with E-state index in [2.05, 4.69) is 9.97 Å². The van der Waals surface area contributed by atoms with Crippen molar-refractivity contribution in [1.29, 1.82) is 0 Å². The maximum Gasteiger partial charge on any atom is 0.228 e. The second kappa shape index (κ2) is 6.87. The van der Waals surface area contributed by atoms with Gasteiger partial charge in [0.05, 0.1) is 12.1 Å². The molecule has 1 amide bonds. The van der Waals surface area contributed by atoms with E-state index in [1.54, 1.807) is 42.5 Å². The van der Waals surface area contributed by atoms with Crippen molar-refractivity contribution in [3.05, 3.63) is 54.4 Å².